The van der Waals surface area contributed by atoms with Gasteiger partial charge in [-0.15, -0.1) is 0 Å². The molecule has 2 heterocycles. The minimum absolute atomic E-state index is 0.372. The second-order valence-corrected chi connectivity index (χ2v) is 2.90. The fourth-order valence-corrected chi connectivity index (χ4v) is 1.42. The molecule has 1 aromatic rings. The van der Waals surface area contributed by atoms with Gasteiger partial charge in [0.15, 0.2) is 6.29 Å². The van der Waals surface area contributed by atoms with Crippen molar-refractivity contribution in [1.82, 2.24) is 5.16 Å². The second kappa shape index (κ2) is 2.97. The predicted octanol–water partition coefficient (Wildman–Crippen LogP) is 1.09. The maximum atomic E-state index is 10.3. The highest BCUT2D eigenvalue weighted by molar-refractivity contribution is 5.72. The molecule has 1 aromatic heterocycles. The van der Waals surface area contributed by atoms with Gasteiger partial charge in [-0.2, -0.15) is 0 Å². The van der Waals surface area contributed by atoms with Crippen LogP contribution in [0.2, 0.25) is 0 Å². The third-order valence-corrected chi connectivity index (χ3v) is 2.05. The molecule has 64 valence electrons. The van der Waals surface area contributed by atoms with Crippen LogP contribution >= 0.6 is 0 Å². The molecule has 1 aliphatic heterocycles. The van der Waals surface area contributed by atoms with Crippen LogP contribution in [-0.2, 0) is 0 Å². The van der Waals surface area contributed by atoms with Crippen LogP contribution in [0.5, 0.6) is 0 Å². The average Bonchev–Trinajstić information content (AvgIpc) is 2.75. The number of aromatic nitrogens is 1. The first-order valence-corrected chi connectivity index (χ1v) is 4.07. The molecule has 0 aromatic carbocycles. The summed E-state index contributed by atoms with van der Waals surface area (Å²) in [6, 6.07) is 1.68. The van der Waals surface area contributed by atoms with Crippen LogP contribution in [0.25, 0.3) is 0 Å². The summed E-state index contributed by atoms with van der Waals surface area (Å²) in [6.45, 7) is 2.01. The minimum atomic E-state index is 0.372. The maximum absolute atomic E-state index is 10.3. The van der Waals surface area contributed by atoms with E-state index in [0.29, 0.717) is 12.0 Å². The molecule has 0 saturated carbocycles. The number of hydrogen-bond acceptors (Lipinski definition) is 4. The molecule has 1 aliphatic rings. The highest BCUT2D eigenvalue weighted by Crippen LogP contribution is 2.19. The lowest BCUT2D eigenvalue weighted by molar-refractivity contribution is 0.111. The van der Waals surface area contributed by atoms with Gasteiger partial charge in [-0.1, -0.05) is 5.16 Å². The third kappa shape index (κ3) is 1.20. The molecule has 4 nitrogen and oxygen atoms in total. The standard InChI is InChI=1S/C8H10N2O2/c11-6-7-5-8(12-9-7)10-3-1-2-4-10/h5-6H,1-4H2. The van der Waals surface area contributed by atoms with Crippen molar-refractivity contribution in [3.8, 4) is 0 Å². The maximum Gasteiger partial charge on any atom is 0.227 e. The van der Waals surface area contributed by atoms with Crippen LogP contribution in [0.1, 0.15) is 23.3 Å². The second-order valence-electron chi connectivity index (χ2n) is 2.90. The van der Waals surface area contributed by atoms with Crippen LogP contribution < -0.4 is 4.90 Å². The van der Waals surface area contributed by atoms with Crippen LogP contribution in [-0.4, -0.2) is 24.5 Å². The van der Waals surface area contributed by atoms with E-state index in [1.165, 1.54) is 12.8 Å². The van der Waals surface area contributed by atoms with Gasteiger partial charge in [0.05, 0.1) is 0 Å². The first kappa shape index (κ1) is 7.34. The number of aldehydes is 1. The van der Waals surface area contributed by atoms with Crippen molar-refractivity contribution >= 4 is 12.2 Å². The first-order chi connectivity index (χ1) is 5.90. The summed E-state index contributed by atoms with van der Waals surface area (Å²) in [5, 5.41) is 3.59. The SMILES string of the molecule is O=Cc1cc(N2CCCC2)on1. The first-order valence-electron chi connectivity index (χ1n) is 4.07. The Kier molecular flexibility index (Phi) is 1.81. The summed E-state index contributed by atoms with van der Waals surface area (Å²) in [4.78, 5) is 12.4. The molecule has 0 atom stereocenters. The lowest BCUT2D eigenvalue weighted by Crippen LogP contribution is -2.16. The van der Waals surface area contributed by atoms with Gasteiger partial charge in [0.2, 0.25) is 5.88 Å². The van der Waals surface area contributed by atoms with Gasteiger partial charge >= 0.3 is 0 Å². The zero-order chi connectivity index (χ0) is 8.39. The molecule has 0 unspecified atom stereocenters. The lowest BCUT2D eigenvalue weighted by atomic mass is 10.4. The molecule has 12 heavy (non-hydrogen) atoms. The Balaban J connectivity index is 2.16. The zero-order valence-electron chi connectivity index (χ0n) is 6.69. The average molecular weight is 166 g/mol. The largest absolute Gasteiger partial charge is 0.341 e. The lowest BCUT2D eigenvalue weighted by Gasteiger charge is -2.10. The van der Waals surface area contributed by atoms with Crippen LogP contribution in [0.4, 0.5) is 5.88 Å². The van der Waals surface area contributed by atoms with Gasteiger partial charge in [0.25, 0.3) is 0 Å². The van der Waals surface area contributed by atoms with Crippen molar-refractivity contribution in [3.63, 3.8) is 0 Å². The van der Waals surface area contributed by atoms with E-state index in [-0.39, 0.29) is 0 Å². The van der Waals surface area contributed by atoms with Crippen molar-refractivity contribution in [2.75, 3.05) is 18.0 Å². The summed E-state index contributed by atoms with van der Waals surface area (Å²) in [6.07, 6.45) is 3.08. The number of anilines is 1. The molecule has 2 rings (SSSR count). The van der Waals surface area contributed by atoms with E-state index in [0.717, 1.165) is 19.0 Å². The van der Waals surface area contributed by atoms with Crippen molar-refractivity contribution in [1.29, 1.82) is 0 Å². The van der Waals surface area contributed by atoms with Crippen LogP contribution in [0.15, 0.2) is 10.6 Å². The van der Waals surface area contributed by atoms with Gasteiger partial charge in [-0.05, 0) is 12.8 Å². The van der Waals surface area contributed by atoms with E-state index >= 15 is 0 Å². The summed E-state index contributed by atoms with van der Waals surface area (Å²) in [5.74, 6) is 0.717. The Bertz CT molecular complexity index is 276. The van der Waals surface area contributed by atoms with E-state index < -0.39 is 0 Å². The van der Waals surface area contributed by atoms with Crippen LogP contribution in [0.3, 0.4) is 0 Å². The number of carbonyl (C=O) groups excluding carboxylic acids is 1. The Hall–Kier alpha value is -1.32. The highest BCUT2D eigenvalue weighted by Gasteiger charge is 2.16. The van der Waals surface area contributed by atoms with Gasteiger partial charge in [0.1, 0.15) is 5.69 Å². The van der Waals surface area contributed by atoms with Crippen molar-refractivity contribution in [2.45, 2.75) is 12.8 Å². The van der Waals surface area contributed by atoms with E-state index in [9.17, 15) is 4.79 Å². The normalized spacial score (nSPS) is 16.8. The quantitative estimate of drug-likeness (QED) is 0.617. The number of carbonyl (C=O) groups is 1. The van der Waals surface area contributed by atoms with Gasteiger partial charge < -0.3 is 9.42 Å². The molecule has 0 aliphatic carbocycles. The minimum Gasteiger partial charge on any atom is -0.341 e. The van der Waals surface area contributed by atoms with Crippen molar-refractivity contribution in [3.05, 3.63) is 11.8 Å². The Morgan fingerprint density at radius 1 is 1.50 bits per heavy atom. The Morgan fingerprint density at radius 3 is 2.83 bits per heavy atom. The summed E-state index contributed by atoms with van der Waals surface area (Å²) in [7, 11) is 0. The molecule has 1 fully saturated rings. The fourth-order valence-electron chi connectivity index (χ4n) is 1.42. The third-order valence-electron chi connectivity index (χ3n) is 2.05. The predicted molar refractivity (Wildman–Crippen MR) is 43.3 cm³/mol. The summed E-state index contributed by atoms with van der Waals surface area (Å²) >= 11 is 0. The number of hydrogen-bond donors (Lipinski definition) is 0. The molecule has 0 N–H and O–H groups in total. The molecule has 0 radical (unpaired) electrons. The van der Waals surface area contributed by atoms with Gasteiger partial charge in [-0.25, -0.2) is 0 Å². The fraction of sp³-hybridized carbons (Fsp3) is 0.500. The Morgan fingerprint density at radius 2 is 2.25 bits per heavy atom. The van der Waals surface area contributed by atoms with Crippen molar-refractivity contribution < 1.29 is 9.32 Å². The van der Waals surface area contributed by atoms with E-state index in [1.807, 2.05) is 0 Å². The molecule has 1 saturated heterocycles. The van der Waals surface area contributed by atoms with E-state index in [1.54, 1.807) is 6.07 Å². The molecule has 4 heteroatoms. The Labute approximate surface area is 70.1 Å². The summed E-state index contributed by atoms with van der Waals surface area (Å²) < 4.78 is 4.98. The smallest absolute Gasteiger partial charge is 0.227 e. The summed E-state index contributed by atoms with van der Waals surface area (Å²) in [5.41, 5.74) is 0.372. The monoisotopic (exact) mass is 166 g/mol. The van der Waals surface area contributed by atoms with E-state index in [4.69, 9.17) is 4.52 Å². The molecule has 0 amide bonds. The van der Waals surface area contributed by atoms with Gasteiger partial charge in [0, 0.05) is 19.2 Å². The van der Waals surface area contributed by atoms with E-state index in [2.05, 4.69) is 10.1 Å². The zero-order valence-corrected chi connectivity index (χ0v) is 6.69. The number of rotatable bonds is 2. The highest BCUT2D eigenvalue weighted by atomic mass is 16.5. The van der Waals surface area contributed by atoms with Crippen LogP contribution in [0, 0.1) is 0 Å². The molecule has 0 bridgehead atoms. The number of nitrogens with zero attached hydrogens (tertiary/aromatic N) is 2. The van der Waals surface area contributed by atoms with Gasteiger partial charge in [-0.3, -0.25) is 4.79 Å². The molecule has 0 spiro atoms. The molecular formula is C8H10N2O2. The van der Waals surface area contributed by atoms with Crippen molar-refractivity contribution in [2.24, 2.45) is 0 Å². The molecular weight excluding hydrogens is 156 g/mol. The topological polar surface area (TPSA) is 46.3 Å².